The van der Waals surface area contributed by atoms with Crippen molar-refractivity contribution >= 4 is 22.5 Å². The fourth-order valence-electron chi connectivity index (χ4n) is 2.72. The molecule has 0 unspecified atom stereocenters. The summed E-state index contributed by atoms with van der Waals surface area (Å²) in [5.41, 5.74) is 2.64. The van der Waals surface area contributed by atoms with Crippen LogP contribution in [0.1, 0.15) is 39.3 Å². The molecule has 1 aromatic heterocycles. The number of hydrogen-bond acceptors (Lipinski definition) is 2. The van der Waals surface area contributed by atoms with Crippen LogP contribution in [0.25, 0.3) is 10.9 Å². The number of halogens is 1. The van der Waals surface area contributed by atoms with Crippen molar-refractivity contribution in [2.24, 2.45) is 5.41 Å². The third-order valence-corrected chi connectivity index (χ3v) is 4.18. The number of para-hydroxylation sites is 1. The Morgan fingerprint density at radius 3 is 2.76 bits per heavy atom. The largest absolute Gasteiger partial charge is 0.311 e. The van der Waals surface area contributed by atoms with Gasteiger partial charge in [0.05, 0.1) is 11.2 Å². The summed E-state index contributed by atoms with van der Waals surface area (Å²) in [5.74, 6) is 0.745. The quantitative estimate of drug-likeness (QED) is 0.741. The molecule has 0 aliphatic heterocycles. The van der Waals surface area contributed by atoms with Gasteiger partial charge in [0, 0.05) is 30.9 Å². The van der Waals surface area contributed by atoms with Crippen LogP contribution in [0.2, 0.25) is 0 Å². The maximum atomic E-state index is 5.79. The van der Waals surface area contributed by atoms with Gasteiger partial charge in [-0.1, -0.05) is 32.0 Å². The van der Waals surface area contributed by atoms with Gasteiger partial charge in [0.2, 0.25) is 0 Å². The Hall–Kier alpha value is -1.06. The molecule has 0 radical (unpaired) electrons. The first-order valence-electron chi connectivity index (χ1n) is 7.78. The van der Waals surface area contributed by atoms with E-state index in [-0.39, 0.29) is 5.41 Å². The molecule has 1 aromatic carbocycles. The lowest BCUT2D eigenvalue weighted by Crippen LogP contribution is -2.29. The zero-order chi connectivity index (χ0) is 15.3. The molecule has 116 valence electrons. The SMILES string of the molecule is CCn1nc(CNCC(C)(C)CCCCl)c2ccccc21. The van der Waals surface area contributed by atoms with Crippen LogP contribution in [0.4, 0.5) is 0 Å². The lowest BCUT2D eigenvalue weighted by molar-refractivity contribution is 0.310. The summed E-state index contributed by atoms with van der Waals surface area (Å²) in [6.07, 6.45) is 2.22. The van der Waals surface area contributed by atoms with Crippen molar-refractivity contribution in [2.45, 2.75) is 46.7 Å². The van der Waals surface area contributed by atoms with Gasteiger partial charge in [0.1, 0.15) is 0 Å². The summed E-state index contributed by atoms with van der Waals surface area (Å²) in [7, 11) is 0. The van der Waals surface area contributed by atoms with E-state index in [1.54, 1.807) is 0 Å². The Morgan fingerprint density at radius 2 is 2.05 bits per heavy atom. The molecule has 3 nitrogen and oxygen atoms in total. The van der Waals surface area contributed by atoms with Crippen molar-refractivity contribution in [2.75, 3.05) is 12.4 Å². The molecule has 2 rings (SSSR count). The number of nitrogens with one attached hydrogen (secondary N) is 1. The van der Waals surface area contributed by atoms with Crippen LogP contribution in [0.15, 0.2) is 24.3 Å². The molecular weight excluding hydrogens is 282 g/mol. The van der Waals surface area contributed by atoms with Crippen LogP contribution in [0, 0.1) is 5.41 Å². The van der Waals surface area contributed by atoms with Crippen molar-refractivity contribution in [3.05, 3.63) is 30.0 Å². The number of alkyl halides is 1. The highest BCUT2D eigenvalue weighted by Crippen LogP contribution is 2.22. The van der Waals surface area contributed by atoms with Gasteiger partial charge in [-0.15, -0.1) is 11.6 Å². The molecule has 2 aromatic rings. The van der Waals surface area contributed by atoms with Crippen LogP contribution in [-0.2, 0) is 13.1 Å². The molecule has 0 atom stereocenters. The zero-order valence-corrected chi connectivity index (χ0v) is 14.1. The molecule has 0 bridgehead atoms. The molecule has 1 N–H and O–H groups in total. The summed E-state index contributed by atoms with van der Waals surface area (Å²) in [4.78, 5) is 0. The Bertz CT molecular complexity index is 574. The van der Waals surface area contributed by atoms with E-state index in [2.05, 4.69) is 55.0 Å². The normalized spacial score (nSPS) is 12.2. The molecule has 0 spiro atoms. The van der Waals surface area contributed by atoms with Crippen molar-refractivity contribution in [3.8, 4) is 0 Å². The molecule has 0 saturated heterocycles. The van der Waals surface area contributed by atoms with E-state index in [0.717, 1.165) is 44.0 Å². The molecular formula is C17H26ClN3. The second-order valence-electron chi connectivity index (χ2n) is 6.34. The topological polar surface area (TPSA) is 29.9 Å². The van der Waals surface area contributed by atoms with Gasteiger partial charge in [-0.3, -0.25) is 4.68 Å². The highest BCUT2D eigenvalue weighted by atomic mass is 35.5. The van der Waals surface area contributed by atoms with Crippen molar-refractivity contribution in [3.63, 3.8) is 0 Å². The van der Waals surface area contributed by atoms with Crippen molar-refractivity contribution in [1.29, 1.82) is 0 Å². The number of fused-ring (bicyclic) bond motifs is 1. The second-order valence-corrected chi connectivity index (χ2v) is 6.72. The summed E-state index contributed by atoms with van der Waals surface area (Å²) < 4.78 is 2.07. The minimum absolute atomic E-state index is 0.276. The van der Waals surface area contributed by atoms with Crippen LogP contribution in [-0.4, -0.2) is 22.2 Å². The first-order valence-corrected chi connectivity index (χ1v) is 8.32. The molecule has 0 aliphatic rings. The highest BCUT2D eigenvalue weighted by Gasteiger charge is 2.17. The third-order valence-electron chi connectivity index (χ3n) is 3.92. The van der Waals surface area contributed by atoms with Crippen LogP contribution in [0.5, 0.6) is 0 Å². The maximum Gasteiger partial charge on any atom is 0.0841 e. The summed E-state index contributed by atoms with van der Waals surface area (Å²) in [5, 5.41) is 9.54. The first kappa shape index (κ1) is 16.3. The minimum atomic E-state index is 0.276. The van der Waals surface area contributed by atoms with E-state index in [0.29, 0.717) is 0 Å². The lowest BCUT2D eigenvalue weighted by atomic mass is 9.88. The monoisotopic (exact) mass is 307 g/mol. The summed E-state index contributed by atoms with van der Waals surface area (Å²) >= 11 is 5.79. The van der Waals surface area contributed by atoms with Gasteiger partial charge < -0.3 is 5.32 Å². The van der Waals surface area contributed by atoms with Crippen molar-refractivity contribution < 1.29 is 0 Å². The average Bonchev–Trinajstić information content (AvgIpc) is 2.83. The van der Waals surface area contributed by atoms with Gasteiger partial charge in [0.25, 0.3) is 0 Å². The first-order chi connectivity index (χ1) is 10.1. The fourth-order valence-corrected chi connectivity index (χ4v) is 2.85. The van der Waals surface area contributed by atoms with E-state index in [9.17, 15) is 0 Å². The van der Waals surface area contributed by atoms with Gasteiger partial charge in [-0.05, 0) is 31.2 Å². The van der Waals surface area contributed by atoms with Gasteiger partial charge in [-0.25, -0.2) is 0 Å². The van der Waals surface area contributed by atoms with E-state index < -0.39 is 0 Å². The number of benzene rings is 1. The number of aromatic nitrogens is 2. The molecule has 0 fully saturated rings. The van der Waals surface area contributed by atoms with Crippen LogP contribution < -0.4 is 5.32 Å². The van der Waals surface area contributed by atoms with E-state index >= 15 is 0 Å². The standard InChI is InChI=1S/C17H26ClN3/c1-4-21-16-9-6-5-8-14(16)15(20-21)12-19-13-17(2,3)10-7-11-18/h5-6,8-9,19H,4,7,10-13H2,1-3H3. The molecule has 21 heavy (non-hydrogen) atoms. The zero-order valence-electron chi connectivity index (χ0n) is 13.3. The summed E-state index contributed by atoms with van der Waals surface area (Å²) in [6, 6.07) is 8.45. The molecule has 0 amide bonds. The number of rotatable bonds is 8. The lowest BCUT2D eigenvalue weighted by Gasteiger charge is -2.24. The van der Waals surface area contributed by atoms with Crippen molar-refractivity contribution in [1.82, 2.24) is 15.1 Å². The Balaban J connectivity index is 2.01. The maximum absolute atomic E-state index is 5.79. The molecule has 1 heterocycles. The van der Waals surface area contributed by atoms with Gasteiger partial charge >= 0.3 is 0 Å². The smallest absolute Gasteiger partial charge is 0.0841 e. The summed E-state index contributed by atoms with van der Waals surface area (Å²) in [6.45, 7) is 9.41. The highest BCUT2D eigenvalue weighted by molar-refractivity contribution is 6.17. The predicted octanol–water partition coefficient (Wildman–Crippen LogP) is 4.19. The van der Waals surface area contributed by atoms with E-state index in [4.69, 9.17) is 16.7 Å². The minimum Gasteiger partial charge on any atom is -0.311 e. The fraction of sp³-hybridized carbons (Fsp3) is 0.588. The molecule has 4 heteroatoms. The molecule has 0 aliphatic carbocycles. The van der Waals surface area contributed by atoms with Crippen LogP contribution >= 0.6 is 11.6 Å². The Morgan fingerprint density at radius 1 is 1.29 bits per heavy atom. The Kier molecular flexibility index (Phi) is 5.65. The number of nitrogens with zero attached hydrogens (tertiary/aromatic N) is 2. The van der Waals surface area contributed by atoms with E-state index in [1.807, 2.05) is 0 Å². The van der Waals surface area contributed by atoms with Crippen LogP contribution in [0.3, 0.4) is 0 Å². The van der Waals surface area contributed by atoms with Gasteiger partial charge in [-0.2, -0.15) is 5.10 Å². The number of aryl methyl sites for hydroxylation is 1. The molecule has 0 saturated carbocycles. The predicted molar refractivity (Wildman–Crippen MR) is 90.8 cm³/mol. The van der Waals surface area contributed by atoms with Gasteiger partial charge in [0.15, 0.2) is 0 Å². The number of hydrogen-bond donors (Lipinski definition) is 1. The second kappa shape index (κ2) is 7.28. The Labute approximate surface area is 132 Å². The third kappa shape index (κ3) is 4.21. The average molecular weight is 308 g/mol. The van der Waals surface area contributed by atoms with E-state index in [1.165, 1.54) is 10.9 Å².